The minimum absolute atomic E-state index is 0.119. The molecule has 4 aromatic rings. The number of hydrogen-bond acceptors (Lipinski definition) is 8. The molecule has 0 unspecified atom stereocenters. The second kappa shape index (κ2) is 10.9. The number of benzene rings is 2. The highest BCUT2D eigenvalue weighted by molar-refractivity contribution is 7.89. The number of thiophene rings is 1. The van der Waals surface area contributed by atoms with Crippen molar-refractivity contribution in [2.45, 2.75) is 32.2 Å². The molecule has 36 heavy (non-hydrogen) atoms. The Morgan fingerprint density at radius 1 is 1.03 bits per heavy atom. The molecule has 0 fully saturated rings. The maximum atomic E-state index is 13.1. The van der Waals surface area contributed by atoms with Gasteiger partial charge in [-0.25, -0.2) is 18.2 Å². The van der Waals surface area contributed by atoms with Crippen LogP contribution in [0.1, 0.15) is 45.0 Å². The number of fused-ring (bicyclic) bond motifs is 1. The number of hydrogen-bond donors (Lipinski definition) is 1. The summed E-state index contributed by atoms with van der Waals surface area (Å²) in [5, 5.41) is 3.16. The summed E-state index contributed by atoms with van der Waals surface area (Å²) in [7, 11) is -3.73. The fraction of sp³-hybridized carbons (Fsp3) is 0.240. The molecule has 0 aliphatic heterocycles. The van der Waals surface area contributed by atoms with E-state index in [9.17, 15) is 18.0 Å². The molecule has 0 radical (unpaired) electrons. The van der Waals surface area contributed by atoms with Crippen LogP contribution in [0.5, 0.6) is 0 Å². The lowest BCUT2D eigenvalue weighted by molar-refractivity contribution is 0.0531. The minimum atomic E-state index is -3.73. The van der Waals surface area contributed by atoms with E-state index in [1.54, 1.807) is 13.8 Å². The number of sulfonamides is 1. The Morgan fingerprint density at radius 3 is 2.33 bits per heavy atom. The van der Waals surface area contributed by atoms with E-state index in [2.05, 4.69) is 10.3 Å². The maximum Gasteiger partial charge on any atom is 0.348 e. The average molecular weight is 544 g/mol. The molecule has 0 aliphatic rings. The molecule has 0 saturated heterocycles. The number of carbonyl (C=O) groups excluding carboxylic acids is 2. The van der Waals surface area contributed by atoms with Gasteiger partial charge in [0.25, 0.3) is 5.91 Å². The van der Waals surface area contributed by atoms with Crippen LogP contribution in [0.2, 0.25) is 0 Å². The van der Waals surface area contributed by atoms with Crippen molar-refractivity contribution in [3.8, 4) is 0 Å². The van der Waals surface area contributed by atoms with Crippen molar-refractivity contribution in [2.24, 2.45) is 0 Å². The molecule has 188 valence electrons. The van der Waals surface area contributed by atoms with Gasteiger partial charge in [-0.05, 0) is 49.2 Å². The molecule has 0 atom stereocenters. The molecular formula is C25H25N3O5S3. The Kier molecular flexibility index (Phi) is 7.84. The molecule has 0 aliphatic carbocycles. The Bertz CT molecular complexity index is 1490. The van der Waals surface area contributed by atoms with E-state index in [0.717, 1.165) is 15.8 Å². The van der Waals surface area contributed by atoms with Gasteiger partial charge in [0.15, 0.2) is 5.13 Å². The van der Waals surface area contributed by atoms with Crippen LogP contribution in [-0.4, -0.2) is 42.7 Å². The van der Waals surface area contributed by atoms with E-state index in [-0.39, 0.29) is 17.4 Å². The Hall–Kier alpha value is -3.12. The van der Waals surface area contributed by atoms with E-state index in [0.29, 0.717) is 33.6 Å². The smallest absolute Gasteiger partial charge is 0.348 e. The lowest BCUT2D eigenvalue weighted by Gasteiger charge is -2.20. The van der Waals surface area contributed by atoms with Gasteiger partial charge in [-0.1, -0.05) is 48.6 Å². The zero-order valence-electron chi connectivity index (χ0n) is 20.0. The van der Waals surface area contributed by atoms with Crippen molar-refractivity contribution >= 4 is 59.2 Å². The largest absolute Gasteiger partial charge is 0.462 e. The third kappa shape index (κ3) is 5.34. The van der Waals surface area contributed by atoms with E-state index in [4.69, 9.17) is 4.74 Å². The standard InChI is InChI=1S/C25H25N3O5S3/c1-4-28(15-17-9-7-6-8-10-17)36(31,32)19-13-11-18(12-14-19)22(29)26-25-27-23-20(35-25)16(3)21(34-23)24(30)33-5-2/h6-14H,4-5,15H2,1-3H3,(H,26,27,29). The van der Waals surface area contributed by atoms with Crippen molar-refractivity contribution in [2.75, 3.05) is 18.5 Å². The van der Waals surface area contributed by atoms with Crippen LogP contribution < -0.4 is 5.32 Å². The van der Waals surface area contributed by atoms with Gasteiger partial charge in [-0.2, -0.15) is 4.31 Å². The summed E-state index contributed by atoms with van der Waals surface area (Å²) < 4.78 is 33.6. The SMILES string of the molecule is CCOC(=O)c1sc2nc(NC(=O)c3ccc(S(=O)(=O)N(CC)Cc4ccccc4)cc3)sc2c1C. The normalized spacial score (nSPS) is 11.7. The number of rotatable bonds is 9. The quantitative estimate of drug-likeness (QED) is 0.287. The van der Waals surface area contributed by atoms with Gasteiger partial charge in [0.05, 0.1) is 16.2 Å². The molecule has 2 aromatic carbocycles. The topological polar surface area (TPSA) is 106 Å². The predicted octanol–water partition coefficient (Wildman–Crippen LogP) is 5.31. The van der Waals surface area contributed by atoms with Crippen LogP contribution in [0.15, 0.2) is 59.5 Å². The highest BCUT2D eigenvalue weighted by Gasteiger charge is 2.24. The van der Waals surface area contributed by atoms with E-state index in [1.165, 1.54) is 51.2 Å². The Balaban J connectivity index is 1.48. The summed E-state index contributed by atoms with van der Waals surface area (Å²) in [6.07, 6.45) is 0. The number of aromatic nitrogens is 1. The number of nitrogens with one attached hydrogen (secondary N) is 1. The Morgan fingerprint density at radius 2 is 1.72 bits per heavy atom. The number of carbonyl (C=O) groups is 2. The molecule has 11 heteroatoms. The van der Waals surface area contributed by atoms with Crippen molar-refractivity contribution in [3.05, 3.63) is 76.2 Å². The highest BCUT2D eigenvalue weighted by Crippen LogP contribution is 2.37. The van der Waals surface area contributed by atoms with Crippen LogP contribution in [-0.2, 0) is 21.3 Å². The van der Waals surface area contributed by atoms with Crippen LogP contribution >= 0.6 is 22.7 Å². The molecule has 2 aromatic heterocycles. The molecule has 0 saturated carbocycles. The summed E-state index contributed by atoms with van der Waals surface area (Å²) in [6.45, 7) is 6.24. The molecular weight excluding hydrogens is 518 g/mol. The van der Waals surface area contributed by atoms with Crippen molar-refractivity contribution in [3.63, 3.8) is 0 Å². The van der Waals surface area contributed by atoms with Gasteiger partial charge in [0.2, 0.25) is 10.0 Å². The number of nitrogens with zero attached hydrogens (tertiary/aromatic N) is 2. The molecule has 1 amide bonds. The summed E-state index contributed by atoms with van der Waals surface area (Å²) >= 11 is 2.50. The number of anilines is 1. The van der Waals surface area contributed by atoms with Crippen LogP contribution in [0.3, 0.4) is 0 Å². The van der Waals surface area contributed by atoms with Gasteiger partial charge in [-0.15, -0.1) is 11.3 Å². The summed E-state index contributed by atoms with van der Waals surface area (Å²) in [5.74, 6) is -0.781. The average Bonchev–Trinajstić information content (AvgIpc) is 3.41. The van der Waals surface area contributed by atoms with Crippen LogP contribution in [0.4, 0.5) is 5.13 Å². The van der Waals surface area contributed by atoms with Crippen molar-refractivity contribution in [1.29, 1.82) is 0 Å². The van der Waals surface area contributed by atoms with Crippen molar-refractivity contribution in [1.82, 2.24) is 9.29 Å². The molecule has 4 rings (SSSR count). The third-order valence-corrected chi connectivity index (χ3v) is 9.79. The van der Waals surface area contributed by atoms with Gasteiger partial charge >= 0.3 is 5.97 Å². The number of thiazole rings is 1. The van der Waals surface area contributed by atoms with Gasteiger partial charge in [0.1, 0.15) is 9.71 Å². The zero-order chi connectivity index (χ0) is 25.9. The summed E-state index contributed by atoms with van der Waals surface area (Å²) in [6, 6.07) is 15.2. The lowest BCUT2D eigenvalue weighted by atomic mass is 10.2. The molecule has 0 bridgehead atoms. The van der Waals surface area contributed by atoms with Gasteiger partial charge in [-0.3, -0.25) is 10.1 Å². The third-order valence-electron chi connectivity index (χ3n) is 5.47. The number of amides is 1. The number of esters is 1. The predicted molar refractivity (Wildman–Crippen MR) is 142 cm³/mol. The van der Waals surface area contributed by atoms with Crippen LogP contribution in [0, 0.1) is 6.92 Å². The monoisotopic (exact) mass is 543 g/mol. The first kappa shape index (κ1) is 26.0. The van der Waals surface area contributed by atoms with Gasteiger partial charge in [0, 0.05) is 18.7 Å². The number of ether oxygens (including phenoxy) is 1. The molecule has 0 spiro atoms. The molecule has 1 N–H and O–H groups in total. The van der Waals surface area contributed by atoms with E-state index < -0.39 is 15.9 Å². The van der Waals surface area contributed by atoms with E-state index >= 15 is 0 Å². The second-order valence-electron chi connectivity index (χ2n) is 7.83. The number of aryl methyl sites for hydroxylation is 1. The fourth-order valence-corrected chi connectivity index (χ4v) is 7.23. The minimum Gasteiger partial charge on any atom is -0.462 e. The first-order valence-electron chi connectivity index (χ1n) is 11.3. The van der Waals surface area contributed by atoms with Gasteiger partial charge < -0.3 is 4.74 Å². The first-order chi connectivity index (χ1) is 17.2. The maximum absolute atomic E-state index is 13.1. The Labute approximate surface area is 217 Å². The first-order valence-corrected chi connectivity index (χ1v) is 14.3. The zero-order valence-corrected chi connectivity index (χ0v) is 22.4. The van der Waals surface area contributed by atoms with Crippen LogP contribution in [0.25, 0.3) is 9.53 Å². The molecule has 8 nitrogen and oxygen atoms in total. The summed E-state index contributed by atoms with van der Waals surface area (Å²) in [5.41, 5.74) is 1.98. The second-order valence-corrected chi connectivity index (χ2v) is 11.8. The lowest BCUT2D eigenvalue weighted by Crippen LogP contribution is -2.30. The highest BCUT2D eigenvalue weighted by atomic mass is 32.2. The molecule has 2 heterocycles. The fourth-order valence-electron chi connectivity index (χ4n) is 3.58. The summed E-state index contributed by atoms with van der Waals surface area (Å²) in [4.78, 5) is 30.6. The van der Waals surface area contributed by atoms with Crippen molar-refractivity contribution < 1.29 is 22.7 Å². The van der Waals surface area contributed by atoms with E-state index in [1.807, 2.05) is 37.3 Å².